The van der Waals surface area contributed by atoms with Gasteiger partial charge in [0, 0.05) is 18.5 Å². The molecule has 0 aliphatic carbocycles. The van der Waals surface area contributed by atoms with Gasteiger partial charge in [-0.1, -0.05) is 6.92 Å². The minimum absolute atomic E-state index is 0.103. The second kappa shape index (κ2) is 5.36. The van der Waals surface area contributed by atoms with Crippen LogP contribution in [0.25, 0.3) is 0 Å². The minimum Gasteiger partial charge on any atom is -0.311 e. The lowest BCUT2D eigenvalue weighted by Crippen LogP contribution is -2.15. The van der Waals surface area contributed by atoms with Gasteiger partial charge in [0.05, 0.1) is 5.69 Å². The van der Waals surface area contributed by atoms with Crippen LogP contribution in [0.5, 0.6) is 0 Å². The molecular weight excluding hydrogens is 226 g/mol. The first kappa shape index (κ1) is 13.1. The zero-order valence-electron chi connectivity index (χ0n) is 9.82. The van der Waals surface area contributed by atoms with Crippen LogP contribution in [0.3, 0.4) is 0 Å². The van der Waals surface area contributed by atoms with E-state index in [4.69, 9.17) is 0 Å². The lowest BCUT2D eigenvalue weighted by molar-refractivity contribution is 0.599. The van der Waals surface area contributed by atoms with Gasteiger partial charge in [-0.05, 0) is 19.5 Å². The third kappa shape index (κ3) is 4.67. The maximum atomic E-state index is 11.1. The van der Waals surface area contributed by atoms with Crippen LogP contribution in [0.1, 0.15) is 24.1 Å². The van der Waals surface area contributed by atoms with Gasteiger partial charge in [0.25, 0.3) is 0 Å². The Labute approximate surface area is 96.2 Å². The largest absolute Gasteiger partial charge is 0.311 e. The zero-order chi connectivity index (χ0) is 12.2. The van der Waals surface area contributed by atoms with Gasteiger partial charge >= 0.3 is 0 Å². The van der Waals surface area contributed by atoms with Gasteiger partial charge < -0.3 is 5.32 Å². The highest BCUT2D eigenvalue weighted by Gasteiger charge is 2.09. The molecule has 1 heterocycles. The van der Waals surface area contributed by atoms with Crippen molar-refractivity contribution in [2.45, 2.75) is 26.1 Å². The average molecular weight is 243 g/mol. The molecule has 0 spiro atoms. The number of hydrogen-bond donors (Lipinski definition) is 1. The number of sulfone groups is 1. The standard InChI is InChI=1S/C10H17N3O2S/c1-4-11-6-9-5-8(2)12-10(13-9)7-16(3,14)15/h5,11H,4,6-7H2,1-3H3. The molecule has 1 rings (SSSR count). The summed E-state index contributed by atoms with van der Waals surface area (Å²) in [6.07, 6.45) is 1.18. The van der Waals surface area contributed by atoms with Gasteiger partial charge in [-0.25, -0.2) is 18.4 Å². The maximum Gasteiger partial charge on any atom is 0.154 e. The van der Waals surface area contributed by atoms with Crippen LogP contribution in [0.15, 0.2) is 6.07 Å². The molecule has 0 bridgehead atoms. The molecule has 1 aromatic heterocycles. The molecule has 0 aliphatic rings. The summed E-state index contributed by atoms with van der Waals surface area (Å²) >= 11 is 0. The Morgan fingerprint density at radius 3 is 2.62 bits per heavy atom. The Bertz CT molecular complexity index is 457. The van der Waals surface area contributed by atoms with E-state index < -0.39 is 9.84 Å². The van der Waals surface area contributed by atoms with E-state index in [1.807, 2.05) is 19.9 Å². The van der Waals surface area contributed by atoms with Crippen LogP contribution >= 0.6 is 0 Å². The van der Waals surface area contributed by atoms with E-state index in [-0.39, 0.29) is 5.75 Å². The predicted octanol–water partition coefficient (Wildman–Crippen LogP) is 0.439. The molecule has 0 amide bonds. The summed E-state index contributed by atoms with van der Waals surface area (Å²) < 4.78 is 22.3. The molecule has 1 aromatic rings. The van der Waals surface area contributed by atoms with Crippen molar-refractivity contribution in [3.63, 3.8) is 0 Å². The first-order valence-electron chi connectivity index (χ1n) is 5.12. The first-order valence-corrected chi connectivity index (χ1v) is 7.18. The van der Waals surface area contributed by atoms with Crippen LogP contribution in [0.2, 0.25) is 0 Å². The highest BCUT2D eigenvalue weighted by Crippen LogP contribution is 2.04. The van der Waals surface area contributed by atoms with Gasteiger partial charge in [-0.15, -0.1) is 0 Å². The van der Waals surface area contributed by atoms with Gasteiger partial charge in [0.2, 0.25) is 0 Å². The summed E-state index contributed by atoms with van der Waals surface area (Å²) in [6.45, 7) is 5.33. The molecule has 90 valence electrons. The second-order valence-electron chi connectivity index (χ2n) is 3.77. The molecule has 16 heavy (non-hydrogen) atoms. The highest BCUT2D eigenvalue weighted by molar-refractivity contribution is 7.89. The summed E-state index contributed by atoms with van der Waals surface area (Å²) in [4.78, 5) is 8.31. The molecule has 5 nitrogen and oxygen atoms in total. The summed E-state index contributed by atoms with van der Waals surface area (Å²) in [5.74, 6) is 0.267. The molecular formula is C10H17N3O2S. The Morgan fingerprint density at radius 2 is 2.06 bits per heavy atom. The quantitative estimate of drug-likeness (QED) is 0.812. The van der Waals surface area contributed by atoms with Gasteiger partial charge in [-0.3, -0.25) is 0 Å². The minimum atomic E-state index is -3.08. The topological polar surface area (TPSA) is 72.0 Å². The lowest BCUT2D eigenvalue weighted by atomic mass is 10.3. The Kier molecular flexibility index (Phi) is 4.37. The molecule has 6 heteroatoms. The van der Waals surface area contributed by atoms with Crippen LogP contribution in [-0.4, -0.2) is 31.2 Å². The van der Waals surface area contributed by atoms with Crippen molar-refractivity contribution in [1.29, 1.82) is 0 Å². The number of aryl methyl sites for hydroxylation is 1. The summed E-state index contributed by atoms with van der Waals surface area (Å²) in [5, 5.41) is 3.14. The average Bonchev–Trinajstić information content (AvgIpc) is 2.10. The van der Waals surface area contributed by atoms with Gasteiger partial charge in [0.15, 0.2) is 9.84 Å². The third-order valence-electron chi connectivity index (χ3n) is 1.90. The molecule has 0 unspecified atom stereocenters. The number of nitrogens with one attached hydrogen (secondary N) is 1. The lowest BCUT2D eigenvalue weighted by Gasteiger charge is -2.05. The van der Waals surface area contributed by atoms with E-state index in [1.165, 1.54) is 6.26 Å². The van der Waals surface area contributed by atoms with E-state index in [0.717, 1.165) is 17.9 Å². The van der Waals surface area contributed by atoms with Crippen molar-refractivity contribution in [2.75, 3.05) is 12.8 Å². The summed E-state index contributed by atoms with van der Waals surface area (Å²) in [5.41, 5.74) is 1.62. The second-order valence-corrected chi connectivity index (χ2v) is 5.91. The zero-order valence-corrected chi connectivity index (χ0v) is 10.6. The van der Waals surface area contributed by atoms with E-state index in [0.29, 0.717) is 12.4 Å². The van der Waals surface area contributed by atoms with E-state index in [9.17, 15) is 8.42 Å². The summed E-state index contributed by atoms with van der Waals surface area (Å²) in [7, 11) is -3.08. The van der Waals surface area contributed by atoms with E-state index in [2.05, 4.69) is 15.3 Å². The number of aromatic nitrogens is 2. The van der Waals surface area contributed by atoms with Crippen molar-refractivity contribution >= 4 is 9.84 Å². The van der Waals surface area contributed by atoms with Crippen molar-refractivity contribution in [3.8, 4) is 0 Å². The van der Waals surface area contributed by atoms with Crippen LogP contribution < -0.4 is 5.32 Å². The van der Waals surface area contributed by atoms with Crippen LogP contribution in [0, 0.1) is 6.92 Å². The number of nitrogens with zero attached hydrogens (tertiary/aromatic N) is 2. The normalized spacial score (nSPS) is 11.7. The third-order valence-corrected chi connectivity index (χ3v) is 2.68. The molecule has 0 saturated heterocycles. The van der Waals surface area contributed by atoms with Crippen molar-refractivity contribution in [2.24, 2.45) is 0 Å². The molecule has 1 N–H and O–H groups in total. The maximum absolute atomic E-state index is 11.1. The Hall–Kier alpha value is -1.01. The van der Waals surface area contributed by atoms with Gasteiger partial charge in [-0.2, -0.15) is 0 Å². The fourth-order valence-corrected chi connectivity index (χ4v) is 1.94. The number of hydrogen-bond acceptors (Lipinski definition) is 5. The molecule has 0 aliphatic heterocycles. The highest BCUT2D eigenvalue weighted by atomic mass is 32.2. The van der Waals surface area contributed by atoms with Gasteiger partial charge in [0.1, 0.15) is 11.6 Å². The molecule has 0 aromatic carbocycles. The van der Waals surface area contributed by atoms with Crippen molar-refractivity contribution < 1.29 is 8.42 Å². The molecule has 0 atom stereocenters. The fourth-order valence-electron chi connectivity index (χ4n) is 1.34. The number of rotatable bonds is 5. The monoisotopic (exact) mass is 243 g/mol. The predicted molar refractivity (Wildman–Crippen MR) is 62.7 cm³/mol. The Balaban J connectivity index is 2.89. The van der Waals surface area contributed by atoms with Crippen molar-refractivity contribution in [3.05, 3.63) is 23.3 Å². The molecule has 0 fully saturated rings. The van der Waals surface area contributed by atoms with Crippen molar-refractivity contribution in [1.82, 2.24) is 15.3 Å². The SMILES string of the molecule is CCNCc1cc(C)nc(CS(C)(=O)=O)n1. The molecule has 0 saturated carbocycles. The fraction of sp³-hybridized carbons (Fsp3) is 0.600. The Morgan fingerprint density at radius 1 is 1.38 bits per heavy atom. The smallest absolute Gasteiger partial charge is 0.154 e. The first-order chi connectivity index (χ1) is 7.40. The molecule has 0 radical (unpaired) electrons. The van der Waals surface area contributed by atoms with E-state index in [1.54, 1.807) is 0 Å². The van der Waals surface area contributed by atoms with E-state index >= 15 is 0 Å². The van der Waals surface area contributed by atoms with Crippen LogP contribution in [-0.2, 0) is 22.1 Å². The summed E-state index contributed by atoms with van der Waals surface area (Å²) in [6, 6.07) is 1.86. The van der Waals surface area contributed by atoms with Crippen LogP contribution in [0.4, 0.5) is 0 Å².